The lowest BCUT2D eigenvalue weighted by Crippen LogP contribution is -2.26. The minimum Gasteiger partial charge on any atom is -0.495 e. The minimum absolute atomic E-state index is 0.00889. The van der Waals surface area contributed by atoms with Crippen molar-refractivity contribution in [2.75, 3.05) is 39.2 Å². The van der Waals surface area contributed by atoms with Gasteiger partial charge in [-0.3, -0.25) is 4.79 Å². The molecule has 0 aliphatic heterocycles. The molecule has 0 heterocycles. The second-order valence-corrected chi connectivity index (χ2v) is 4.65. The first-order valence-electron chi connectivity index (χ1n) is 6.50. The van der Waals surface area contributed by atoms with Crippen molar-refractivity contribution in [3.8, 4) is 5.75 Å². The van der Waals surface area contributed by atoms with E-state index >= 15 is 0 Å². The molecule has 0 saturated heterocycles. The van der Waals surface area contributed by atoms with Crippen molar-refractivity contribution in [2.24, 2.45) is 0 Å². The largest absolute Gasteiger partial charge is 0.495 e. The molecule has 112 valence electrons. The summed E-state index contributed by atoms with van der Waals surface area (Å²) in [5.41, 5.74) is 0.784. The number of carbonyl (C=O) groups excluding carboxylic acids is 1. The van der Waals surface area contributed by atoms with Crippen molar-refractivity contribution in [2.45, 2.75) is 12.8 Å². The van der Waals surface area contributed by atoms with E-state index in [1.54, 1.807) is 32.4 Å². The third kappa shape index (κ3) is 6.12. The molecule has 20 heavy (non-hydrogen) atoms. The number of halogens is 1. The van der Waals surface area contributed by atoms with E-state index in [0.717, 1.165) is 12.1 Å². The van der Waals surface area contributed by atoms with Gasteiger partial charge in [-0.25, -0.2) is 0 Å². The van der Waals surface area contributed by atoms with Crippen LogP contribution in [-0.2, 0) is 9.53 Å². The highest BCUT2D eigenvalue weighted by Crippen LogP contribution is 2.27. The maximum Gasteiger partial charge on any atom is 0.221 e. The molecular formula is C14H21ClN2O3. The third-order valence-electron chi connectivity index (χ3n) is 2.68. The molecule has 0 unspecified atom stereocenters. The number of hydrogen-bond acceptors (Lipinski definition) is 4. The average Bonchev–Trinajstić information content (AvgIpc) is 2.44. The number of ether oxygens (including phenoxy) is 2. The molecule has 2 N–H and O–H groups in total. The summed E-state index contributed by atoms with van der Waals surface area (Å²) in [5.74, 6) is 0.713. The van der Waals surface area contributed by atoms with Crippen molar-refractivity contribution in [3.05, 3.63) is 23.2 Å². The van der Waals surface area contributed by atoms with Crippen LogP contribution in [0.1, 0.15) is 12.8 Å². The van der Waals surface area contributed by atoms with Gasteiger partial charge in [-0.1, -0.05) is 11.6 Å². The minimum atomic E-state index is 0.00889. The third-order valence-corrected chi connectivity index (χ3v) is 2.91. The molecule has 5 nitrogen and oxygen atoms in total. The number of nitrogens with one attached hydrogen (secondary N) is 2. The number of carbonyl (C=O) groups is 1. The Hall–Kier alpha value is -1.46. The van der Waals surface area contributed by atoms with Crippen LogP contribution in [-0.4, -0.2) is 39.8 Å². The molecule has 6 heteroatoms. The fraction of sp³-hybridized carbons (Fsp3) is 0.500. The Morgan fingerprint density at radius 1 is 1.30 bits per heavy atom. The molecule has 0 aromatic heterocycles. The zero-order chi connectivity index (χ0) is 14.8. The van der Waals surface area contributed by atoms with Crippen molar-refractivity contribution in [1.82, 2.24) is 5.32 Å². The molecule has 1 aromatic rings. The van der Waals surface area contributed by atoms with E-state index in [9.17, 15) is 4.79 Å². The van der Waals surface area contributed by atoms with Gasteiger partial charge in [0, 0.05) is 38.2 Å². The van der Waals surface area contributed by atoms with E-state index < -0.39 is 0 Å². The molecule has 1 rings (SSSR count). The predicted molar refractivity (Wildman–Crippen MR) is 80.6 cm³/mol. The van der Waals surface area contributed by atoms with Crippen LogP contribution in [0.25, 0.3) is 0 Å². The Kier molecular flexibility index (Phi) is 7.84. The van der Waals surface area contributed by atoms with Gasteiger partial charge in [0.15, 0.2) is 0 Å². The molecule has 0 spiro atoms. The number of amides is 1. The van der Waals surface area contributed by atoms with Crippen LogP contribution >= 0.6 is 11.6 Å². The number of methoxy groups -OCH3 is 2. The van der Waals surface area contributed by atoms with Gasteiger partial charge in [0.25, 0.3) is 0 Å². The van der Waals surface area contributed by atoms with Gasteiger partial charge in [0.1, 0.15) is 5.75 Å². The predicted octanol–water partition coefficient (Wildman–Crippen LogP) is 2.30. The molecule has 0 aliphatic carbocycles. The summed E-state index contributed by atoms with van der Waals surface area (Å²) in [6.45, 7) is 1.80. The average molecular weight is 301 g/mol. The van der Waals surface area contributed by atoms with Crippen molar-refractivity contribution < 1.29 is 14.3 Å². The van der Waals surface area contributed by atoms with Gasteiger partial charge in [-0.15, -0.1) is 0 Å². The topological polar surface area (TPSA) is 59.6 Å². The molecule has 1 amide bonds. The maximum atomic E-state index is 11.6. The summed E-state index contributed by atoms with van der Waals surface area (Å²) < 4.78 is 10.1. The molecule has 0 saturated carbocycles. The number of rotatable bonds is 9. The Morgan fingerprint density at radius 2 is 2.10 bits per heavy atom. The van der Waals surface area contributed by atoms with Crippen LogP contribution < -0.4 is 15.4 Å². The van der Waals surface area contributed by atoms with E-state index in [2.05, 4.69) is 10.6 Å². The number of anilines is 1. The lowest BCUT2D eigenvalue weighted by Gasteiger charge is -2.11. The monoisotopic (exact) mass is 300 g/mol. The molecule has 0 aliphatic rings. The van der Waals surface area contributed by atoms with E-state index in [1.807, 2.05) is 0 Å². The lowest BCUT2D eigenvalue weighted by atomic mass is 10.2. The molecule has 0 atom stereocenters. The Balaban J connectivity index is 2.29. The summed E-state index contributed by atoms with van der Waals surface area (Å²) in [5, 5.41) is 6.59. The van der Waals surface area contributed by atoms with Crippen LogP contribution in [0.2, 0.25) is 5.02 Å². The first-order chi connectivity index (χ1) is 9.67. The normalized spacial score (nSPS) is 10.2. The molecule has 0 fully saturated rings. The van der Waals surface area contributed by atoms with Gasteiger partial charge >= 0.3 is 0 Å². The van der Waals surface area contributed by atoms with Crippen molar-refractivity contribution >= 4 is 23.2 Å². The second kappa shape index (κ2) is 9.44. The molecule has 0 bridgehead atoms. The standard InChI is InChI=1S/C14H21ClN2O3/c1-19-9-3-7-17-14(18)6-8-16-12-10-11(15)4-5-13(12)20-2/h4-5,10,16H,3,6-9H2,1-2H3,(H,17,18). The highest BCUT2D eigenvalue weighted by molar-refractivity contribution is 6.30. The summed E-state index contributed by atoms with van der Waals surface area (Å²) >= 11 is 5.93. The summed E-state index contributed by atoms with van der Waals surface area (Å²) in [7, 11) is 3.24. The van der Waals surface area contributed by atoms with Gasteiger partial charge < -0.3 is 20.1 Å². The van der Waals surface area contributed by atoms with Crippen LogP contribution in [0.15, 0.2) is 18.2 Å². The van der Waals surface area contributed by atoms with E-state index in [0.29, 0.717) is 36.9 Å². The second-order valence-electron chi connectivity index (χ2n) is 4.22. The van der Waals surface area contributed by atoms with Crippen LogP contribution in [0.5, 0.6) is 5.75 Å². The van der Waals surface area contributed by atoms with E-state index in [-0.39, 0.29) is 5.91 Å². The number of benzene rings is 1. The summed E-state index contributed by atoms with van der Waals surface area (Å²) in [6.07, 6.45) is 1.21. The van der Waals surface area contributed by atoms with Gasteiger partial charge in [0.2, 0.25) is 5.91 Å². The van der Waals surface area contributed by atoms with Crippen LogP contribution in [0.3, 0.4) is 0 Å². The Labute approximate surface area is 124 Å². The first kappa shape index (κ1) is 16.6. The SMILES string of the molecule is COCCCNC(=O)CCNc1cc(Cl)ccc1OC. The zero-order valence-electron chi connectivity index (χ0n) is 11.9. The molecular weight excluding hydrogens is 280 g/mol. The molecule has 0 radical (unpaired) electrons. The fourth-order valence-electron chi connectivity index (χ4n) is 1.66. The summed E-state index contributed by atoms with van der Waals surface area (Å²) in [6, 6.07) is 5.32. The zero-order valence-corrected chi connectivity index (χ0v) is 12.6. The smallest absolute Gasteiger partial charge is 0.221 e. The van der Waals surface area contributed by atoms with Crippen LogP contribution in [0.4, 0.5) is 5.69 Å². The quantitative estimate of drug-likeness (QED) is 0.687. The Bertz CT molecular complexity index is 427. The maximum absolute atomic E-state index is 11.6. The van der Waals surface area contributed by atoms with Crippen LogP contribution in [0, 0.1) is 0 Å². The lowest BCUT2D eigenvalue weighted by molar-refractivity contribution is -0.120. The highest BCUT2D eigenvalue weighted by Gasteiger charge is 2.05. The molecule has 1 aromatic carbocycles. The van der Waals surface area contributed by atoms with Crippen molar-refractivity contribution in [1.29, 1.82) is 0 Å². The van der Waals surface area contributed by atoms with Crippen molar-refractivity contribution in [3.63, 3.8) is 0 Å². The fourth-order valence-corrected chi connectivity index (χ4v) is 1.83. The van der Waals surface area contributed by atoms with E-state index in [1.165, 1.54) is 0 Å². The summed E-state index contributed by atoms with van der Waals surface area (Å²) in [4.78, 5) is 11.6. The van der Waals surface area contributed by atoms with Gasteiger partial charge in [0.05, 0.1) is 12.8 Å². The Morgan fingerprint density at radius 3 is 2.80 bits per heavy atom. The van der Waals surface area contributed by atoms with Gasteiger partial charge in [-0.2, -0.15) is 0 Å². The number of hydrogen-bond donors (Lipinski definition) is 2. The van der Waals surface area contributed by atoms with E-state index in [4.69, 9.17) is 21.1 Å². The highest BCUT2D eigenvalue weighted by atomic mass is 35.5. The van der Waals surface area contributed by atoms with Gasteiger partial charge in [-0.05, 0) is 24.6 Å². The first-order valence-corrected chi connectivity index (χ1v) is 6.88.